The van der Waals surface area contributed by atoms with E-state index >= 15 is 0 Å². The highest BCUT2D eigenvalue weighted by atomic mass is 35.5. The number of nitrogens with one attached hydrogen (secondary N) is 1. The predicted octanol–water partition coefficient (Wildman–Crippen LogP) is 4.71. The zero-order valence-electron chi connectivity index (χ0n) is 16.5. The van der Waals surface area contributed by atoms with Crippen LogP contribution in [0.25, 0.3) is 0 Å². The molecule has 1 atom stereocenters. The van der Waals surface area contributed by atoms with E-state index in [1.54, 1.807) is 19.2 Å². The fourth-order valence-electron chi connectivity index (χ4n) is 3.97. The third-order valence-corrected chi connectivity index (χ3v) is 5.97. The van der Waals surface area contributed by atoms with Gasteiger partial charge in [0, 0.05) is 12.1 Å². The van der Waals surface area contributed by atoms with Crippen molar-refractivity contribution in [1.29, 1.82) is 5.26 Å². The predicted molar refractivity (Wildman–Crippen MR) is 113 cm³/mol. The minimum Gasteiger partial charge on any atom is -0.497 e. The Bertz CT molecular complexity index is 901. The van der Waals surface area contributed by atoms with Gasteiger partial charge in [-0.3, -0.25) is 4.79 Å². The van der Waals surface area contributed by atoms with Crippen molar-refractivity contribution < 1.29 is 14.6 Å². The number of carbonyl (C=O) groups is 1. The molecule has 1 aliphatic rings. The Labute approximate surface area is 176 Å². The van der Waals surface area contributed by atoms with E-state index < -0.39 is 11.5 Å². The second-order valence-corrected chi connectivity index (χ2v) is 7.95. The summed E-state index contributed by atoms with van der Waals surface area (Å²) in [5.41, 5.74) is 0.135. The molecule has 1 aliphatic carbocycles. The average molecular weight is 413 g/mol. The summed E-state index contributed by atoms with van der Waals surface area (Å²) >= 11 is 6.09. The van der Waals surface area contributed by atoms with Crippen LogP contribution in [0.15, 0.2) is 42.5 Å². The first-order valence-corrected chi connectivity index (χ1v) is 10.2. The first-order chi connectivity index (χ1) is 14.0. The topological polar surface area (TPSA) is 82.3 Å². The molecular formula is C23H25ClN2O3. The maximum Gasteiger partial charge on any atom is 0.256 e. The normalized spacial score (nSPS) is 16.5. The number of hydrogen-bond acceptors (Lipinski definition) is 4. The molecule has 2 N–H and O–H groups in total. The average Bonchev–Trinajstić information content (AvgIpc) is 2.75. The standard InChI is InChI=1S/C23H25ClN2O3/c1-29-20-11-7-16(8-12-20)14-23(28,18-5-3-2-4-6-18)22(27)26-19-10-9-17(15-25)21(24)13-19/h7-13,18,28H,2-6,14H2,1H3,(H,26,27). The summed E-state index contributed by atoms with van der Waals surface area (Å²) in [5, 5.41) is 23.7. The smallest absolute Gasteiger partial charge is 0.256 e. The van der Waals surface area contributed by atoms with E-state index in [0.717, 1.165) is 43.4 Å². The SMILES string of the molecule is COc1ccc(CC(O)(C(=O)Nc2ccc(C#N)c(Cl)c2)C2CCCCC2)cc1. The van der Waals surface area contributed by atoms with Gasteiger partial charge in [0.15, 0.2) is 0 Å². The fraction of sp³-hybridized carbons (Fsp3) is 0.391. The van der Waals surface area contributed by atoms with Crippen molar-refractivity contribution in [3.05, 3.63) is 58.6 Å². The summed E-state index contributed by atoms with van der Waals surface area (Å²) in [6, 6.07) is 14.1. The molecule has 0 radical (unpaired) electrons. The van der Waals surface area contributed by atoms with E-state index in [2.05, 4.69) is 5.32 Å². The van der Waals surface area contributed by atoms with Gasteiger partial charge in [0.2, 0.25) is 0 Å². The van der Waals surface area contributed by atoms with Crippen LogP contribution in [0, 0.1) is 17.2 Å². The number of benzene rings is 2. The highest BCUT2D eigenvalue weighted by Crippen LogP contribution is 2.36. The zero-order valence-corrected chi connectivity index (χ0v) is 17.2. The number of aliphatic hydroxyl groups is 1. The molecule has 0 aliphatic heterocycles. The van der Waals surface area contributed by atoms with Crippen molar-refractivity contribution in [3.8, 4) is 11.8 Å². The highest BCUT2D eigenvalue weighted by Gasteiger charge is 2.44. The van der Waals surface area contributed by atoms with Crippen molar-refractivity contribution in [1.82, 2.24) is 0 Å². The van der Waals surface area contributed by atoms with Crippen LogP contribution in [0.4, 0.5) is 5.69 Å². The molecule has 1 amide bonds. The van der Waals surface area contributed by atoms with E-state index in [0.29, 0.717) is 11.3 Å². The third kappa shape index (κ3) is 4.90. The number of methoxy groups -OCH3 is 1. The van der Waals surface area contributed by atoms with Crippen molar-refractivity contribution in [3.63, 3.8) is 0 Å². The summed E-state index contributed by atoms with van der Waals surface area (Å²) in [7, 11) is 1.60. The lowest BCUT2D eigenvalue weighted by molar-refractivity contribution is -0.141. The number of halogens is 1. The van der Waals surface area contributed by atoms with Gasteiger partial charge in [-0.25, -0.2) is 0 Å². The molecule has 0 saturated heterocycles. The molecule has 5 nitrogen and oxygen atoms in total. The quantitative estimate of drug-likeness (QED) is 0.719. The second-order valence-electron chi connectivity index (χ2n) is 7.54. The number of carbonyl (C=O) groups excluding carboxylic acids is 1. The van der Waals surface area contributed by atoms with E-state index in [1.165, 1.54) is 6.07 Å². The van der Waals surface area contributed by atoms with Gasteiger partial charge in [-0.05, 0) is 54.7 Å². The largest absolute Gasteiger partial charge is 0.497 e. The summed E-state index contributed by atoms with van der Waals surface area (Å²) in [6.07, 6.45) is 4.99. The third-order valence-electron chi connectivity index (χ3n) is 5.65. The van der Waals surface area contributed by atoms with E-state index in [9.17, 15) is 9.90 Å². The van der Waals surface area contributed by atoms with Crippen LogP contribution in [0.5, 0.6) is 5.75 Å². The van der Waals surface area contributed by atoms with E-state index in [-0.39, 0.29) is 17.4 Å². The molecule has 0 spiro atoms. The van der Waals surface area contributed by atoms with Gasteiger partial charge in [0.1, 0.15) is 17.4 Å². The molecule has 0 bridgehead atoms. The van der Waals surface area contributed by atoms with E-state index in [4.69, 9.17) is 21.6 Å². The van der Waals surface area contributed by atoms with Crippen LogP contribution in [-0.4, -0.2) is 23.7 Å². The minimum atomic E-state index is -1.53. The maximum atomic E-state index is 13.2. The molecule has 152 valence electrons. The lowest BCUT2D eigenvalue weighted by Gasteiger charge is -2.37. The van der Waals surface area contributed by atoms with Crippen molar-refractivity contribution in [2.24, 2.45) is 5.92 Å². The maximum absolute atomic E-state index is 13.2. The number of ether oxygens (including phenoxy) is 1. The van der Waals surface area contributed by atoms with Crippen LogP contribution in [0.2, 0.25) is 5.02 Å². The van der Waals surface area contributed by atoms with Gasteiger partial charge in [0.05, 0.1) is 17.7 Å². The Balaban J connectivity index is 1.86. The van der Waals surface area contributed by atoms with Gasteiger partial charge >= 0.3 is 0 Å². The number of nitriles is 1. The molecule has 1 unspecified atom stereocenters. The Hall–Kier alpha value is -2.55. The highest BCUT2D eigenvalue weighted by molar-refractivity contribution is 6.32. The molecule has 0 aromatic heterocycles. The van der Waals surface area contributed by atoms with Gasteiger partial charge in [-0.2, -0.15) is 5.26 Å². The van der Waals surface area contributed by atoms with Crippen LogP contribution in [0.3, 0.4) is 0 Å². The Kier molecular flexibility index (Phi) is 6.79. The van der Waals surface area contributed by atoms with Gasteiger partial charge in [-0.1, -0.05) is 43.0 Å². The Morgan fingerprint density at radius 3 is 2.52 bits per heavy atom. The fourth-order valence-corrected chi connectivity index (χ4v) is 4.19. The molecule has 2 aromatic carbocycles. The molecule has 2 aromatic rings. The van der Waals surface area contributed by atoms with E-state index in [1.807, 2.05) is 30.3 Å². The van der Waals surface area contributed by atoms with Crippen LogP contribution in [0.1, 0.15) is 43.2 Å². The Morgan fingerprint density at radius 1 is 1.24 bits per heavy atom. The number of hydrogen-bond donors (Lipinski definition) is 2. The number of nitrogens with zero attached hydrogens (tertiary/aromatic N) is 1. The summed E-state index contributed by atoms with van der Waals surface area (Å²) < 4.78 is 5.19. The van der Waals surface area contributed by atoms with Gasteiger partial charge in [-0.15, -0.1) is 0 Å². The van der Waals surface area contributed by atoms with Crippen LogP contribution < -0.4 is 10.1 Å². The summed E-state index contributed by atoms with van der Waals surface area (Å²) in [6.45, 7) is 0. The zero-order chi connectivity index (χ0) is 20.9. The first kappa shape index (κ1) is 21.2. The van der Waals surface area contributed by atoms with Gasteiger partial charge < -0.3 is 15.2 Å². The summed E-state index contributed by atoms with van der Waals surface area (Å²) in [4.78, 5) is 13.2. The molecule has 0 heterocycles. The number of anilines is 1. The molecule has 29 heavy (non-hydrogen) atoms. The number of rotatable bonds is 6. The lowest BCUT2D eigenvalue weighted by Crippen LogP contribution is -2.51. The van der Waals surface area contributed by atoms with Crippen LogP contribution >= 0.6 is 11.6 Å². The minimum absolute atomic E-state index is 0.118. The molecule has 1 saturated carbocycles. The summed E-state index contributed by atoms with van der Waals surface area (Å²) in [5.74, 6) is 0.167. The lowest BCUT2D eigenvalue weighted by atomic mass is 9.73. The molecule has 6 heteroatoms. The first-order valence-electron chi connectivity index (χ1n) is 9.82. The Morgan fingerprint density at radius 2 is 1.93 bits per heavy atom. The molecular weight excluding hydrogens is 388 g/mol. The van der Waals surface area contributed by atoms with Crippen molar-refractivity contribution in [2.45, 2.75) is 44.1 Å². The van der Waals surface area contributed by atoms with Crippen molar-refractivity contribution >= 4 is 23.2 Å². The van der Waals surface area contributed by atoms with Crippen molar-refractivity contribution in [2.75, 3.05) is 12.4 Å². The number of amides is 1. The van der Waals surface area contributed by atoms with Gasteiger partial charge in [0.25, 0.3) is 5.91 Å². The van der Waals surface area contributed by atoms with Crippen LogP contribution in [-0.2, 0) is 11.2 Å². The molecule has 3 rings (SSSR count). The monoisotopic (exact) mass is 412 g/mol. The second kappa shape index (κ2) is 9.30. The molecule has 1 fully saturated rings.